The maximum absolute atomic E-state index is 3.91. The molecular formula is C5H11AgN3S-2. The summed E-state index contributed by atoms with van der Waals surface area (Å²) in [4.78, 5) is 1.93. The van der Waals surface area contributed by atoms with Crippen LogP contribution in [-0.2, 0) is 35.9 Å². The molecule has 0 aromatic heterocycles. The minimum Gasteiger partial charge on any atom is -0.813 e. The zero-order valence-electron chi connectivity index (χ0n) is 6.17. The van der Waals surface area contributed by atoms with Gasteiger partial charge in [0.1, 0.15) is 0 Å². The SMILES string of the molecule is CC1N(C)[C-]=NN1C.[Ag].[SH-]. The summed E-state index contributed by atoms with van der Waals surface area (Å²) >= 11 is 0. The minimum absolute atomic E-state index is 0. The molecule has 1 aliphatic rings. The molecule has 0 amide bonds. The van der Waals surface area contributed by atoms with Crippen LogP contribution in [0.5, 0.6) is 0 Å². The van der Waals surface area contributed by atoms with E-state index in [-0.39, 0.29) is 35.9 Å². The Labute approximate surface area is 84.4 Å². The molecule has 1 unspecified atom stereocenters. The van der Waals surface area contributed by atoms with Crippen LogP contribution >= 0.6 is 0 Å². The van der Waals surface area contributed by atoms with Crippen LogP contribution in [0.2, 0.25) is 0 Å². The fourth-order valence-electron chi connectivity index (χ4n) is 0.559. The molecule has 0 saturated carbocycles. The van der Waals surface area contributed by atoms with Gasteiger partial charge in [-0.15, -0.1) is 0 Å². The van der Waals surface area contributed by atoms with Crippen LogP contribution in [0, 0.1) is 0 Å². The molecule has 0 spiro atoms. The quantitative estimate of drug-likeness (QED) is 0.257. The van der Waals surface area contributed by atoms with Gasteiger partial charge in [0, 0.05) is 29.4 Å². The Morgan fingerprint density at radius 3 is 2.00 bits per heavy atom. The Morgan fingerprint density at radius 2 is 1.90 bits per heavy atom. The van der Waals surface area contributed by atoms with Gasteiger partial charge in [0.15, 0.2) is 0 Å². The molecule has 3 nitrogen and oxygen atoms in total. The molecule has 0 N–H and O–H groups in total. The second-order valence-electron chi connectivity index (χ2n) is 2.02. The largest absolute Gasteiger partial charge is 0.813 e. The molecular weight excluding hydrogens is 242 g/mol. The molecule has 1 atom stereocenters. The topological polar surface area (TPSA) is 18.8 Å². The van der Waals surface area contributed by atoms with E-state index in [2.05, 4.69) is 18.4 Å². The van der Waals surface area contributed by atoms with Crippen LogP contribution in [0.1, 0.15) is 6.92 Å². The molecule has 65 valence electrons. The van der Waals surface area contributed by atoms with Gasteiger partial charge in [-0.25, -0.2) is 0 Å². The molecule has 1 rings (SSSR count). The fraction of sp³-hybridized carbons (Fsp3) is 0.800. The van der Waals surface area contributed by atoms with E-state index in [1.165, 1.54) is 0 Å². The summed E-state index contributed by atoms with van der Waals surface area (Å²) in [6, 6.07) is 0. The smallest absolute Gasteiger partial charge is 0.0827 e. The Morgan fingerprint density at radius 1 is 1.40 bits per heavy atom. The Bertz CT molecular complexity index is 107. The van der Waals surface area contributed by atoms with E-state index in [9.17, 15) is 0 Å². The molecule has 0 fully saturated rings. The normalized spacial score (nSPS) is 22.1. The predicted octanol–water partition coefficient (Wildman–Crippen LogP) is -0.243. The molecule has 1 radical (unpaired) electrons. The maximum Gasteiger partial charge on any atom is 0.0827 e. The number of hydrogen-bond acceptors (Lipinski definition) is 4. The van der Waals surface area contributed by atoms with Crippen LogP contribution in [0.15, 0.2) is 5.10 Å². The standard InChI is InChI=1S/C5H10N3.Ag.H2S/c1-5-7(2)4-6-8(5)3;;/h5H,1-3H3;;1H2/q-1;;/p-1. The molecule has 0 aromatic carbocycles. The van der Waals surface area contributed by atoms with Crippen LogP contribution in [0.4, 0.5) is 0 Å². The van der Waals surface area contributed by atoms with Crippen molar-refractivity contribution < 1.29 is 22.4 Å². The van der Waals surface area contributed by atoms with Crippen molar-refractivity contribution in [1.29, 1.82) is 0 Å². The van der Waals surface area contributed by atoms with Crippen LogP contribution in [-0.4, -0.2) is 36.5 Å². The second-order valence-corrected chi connectivity index (χ2v) is 2.02. The molecule has 1 heterocycles. The summed E-state index contributed by atoms with van der Waals surface area (Å²) in [6.45, 7) is 2.07. The molecule has 0 aliphatic carbocycles. The van der Waals surface area contributed by atoms with Crippen LogP contribution in [0.3, 0.4) is 0 Å². The van der Waals surface area contributed by atoms with Gasteiger partial charge in [0.25, 0.3) is 0 Å². The van der Waals surface area contributed by atoms with Crippen molar-refractivity contribution in [2.75, 3.05) is 14.1 Å². The molecule has 0 saturated heterocycles. The maximum atomic E-state index is 3.91. The zero-order valence-corrected chi connectivity index (χ0v) is 8.54. The van der Waals surface area contributed by atoms with Gasteiger partial charge in [-0.1, -0.05) is 0 Å². The van der Waals surface area contributed by atoms with Gasteiger partial charge < -0.3 is 28.5 Å². The van der Waals surface area contributed by atoms with E-state index in [1.54, 1.807) is 0 Å². The monoisotopic (exact) mass is 252 g/mol. The first-order valence-corrected chi connectivity index (χ1v) is 2.64. The summed E-state index contributed by atoms with van der Waals surface area (Å²) in [5.74, 6) is 0. The van der Waals surface area contributed by atoms with Crippen molar-refractivity contribution in [3.05, 3.63) is 0 Å². The third kappa shape index (κ3) is 2.54. The predicted molar refractivity (Wildman–Crippen MR) is 41.2 cm³/mol. The van der Waals surface area contributed by atoms with Gasteiger partial charge in [-0.3, -0.25) is 6.34 Å². The van der Waals surface area contributed by atoms with Crippen LogP contribution in [0.25, 0.3) is 0 Å². The number of rotatable bonds is 0. The molecule has 10 heavy (non-hydrogen) atoms. The zero-order chi connectivity index (χ0) is 6.15. The number of hydrazone groups is 1. The van der Waals surface area contributed by atoms with E-state index in [1.807, 2.05) is 24.0 Å². The van der Waals surface area contributed by atoms with Crippen molar-refractivity contribution in [3.63, 3.8) is 0 Å². The van der Waals surface area contributed by atoms with Crippen molar-refractivity contribution in [1.82, 2.24) is 9.91 Å². The van der Waals surface area contributed by atoms with Crippen molar-refractivity contribution in [2.24, 2.45) is 5.10 Å². The first kappa shape index (κ1) is 13.0. The molecule has 0 aromatic rings. The minimum atomic E-state index is 0. The Hall–Kier alpha value is 0.360. The molecule has 0 bridgehead atoms. The molecule has 1 aliphatic heterocycles. The number of nitrogens with zero attached hydrogens (tertiary/aromatic N) is 3. The Balaban J connectivity index is 0. The van der Waals surface area contributed by atoms with Crippen molar-refractivity contribution in [2.45, 2.75) is 13.1 Å². The van der Waals surface area contributed by atoms with Gasteiger partial charge in [-0.05, 0) is 14.0 Å². The summed E-state index contributed by atoms with van der Waals surface area (Å²) in [5, 5.41) is 5.77. The fourth-order valence-corrected chi connectivity index (χ4v) is 0.559. The van der Waals surface area contributed by atoms with E-state index in [4.69, 9.17) is 0 Å². The summed E-state index contributed by atoms with van der Waals surface area (Å²) in [5.41, 5.74) is 0. The third-order valence-electron chi connectivity index (χ3n) is 1.46. The summed E-state index contributed by atoms with van der Waals surface area (Å²) in [6.07, 6.45) is 3.17. The average Bonchev–Trinajstić information content (AvgIpc) is 1.98. The van der Waals surface area contributed by atoms with E-state index in [0.29, 0.717) is 6.17 Å². The second kappa shape index (κ2) is 5.07. The van der Waals surface area contributed by atoms with Gasteiger partial charge in [-0.2, -0.15) is 0 Å². The third-order valence-corrected chi connectivity index (χ3v) is 1.46. The van der Waals surface area contributed by atoms with Crippen molar-refractivity contribution >= 4 is 19.8 Å². The average molecular weight is 253 g/mol. The van der Waals surface area contributed by atoms with Gasteiger partial charge in [0.2, 0.25) is 0 Å². The van der Waals surface area contributed by atoms with E-state index >= 15 is 0 Å². The summed E-state index contributed by atoms with van der Waals surface area (Å²) in [7, 11) is 3.89. The van der Waals surface area contributed by atoms with E-state index in [0.717, 1.165) is 0 Å². The van der Waals surface area contributed by atoms with E-state index < -0.39 is 0 Å². The number of hydrogen-bond donors (Lipinski definition) is 0. The van der Waals surface area contributed by atoms with Gasteiger partial charge in [0.05, 0.1) is 6.17 Å². The van der Waals surface area contributed by atoms with Gasteiger partial charge >= 0.3 is 0 Å². The summed E-state index contributed by atoms with van der Waals surface area (Å²) < 4.78 is 0. The van der Waals surface area contributed by atoms with Crippen molar-refractivity contribution in [3.8, 4) is 0 Å². The first-order valence-electron chi connectivity index (χ1n) is 2.64. The number of thiol groups is 1. The Kier molecular flexibility index (Phi) is 6.58. The first-order chi connectivity index (χ1) is 3.72. The van der Waals surface area contributed by atoms with Crippen LogP contribution < -0.4 is 0 Å². The molecule has 5 heteroatoms.